The van der Waals surface area contributed by atoms with Crippen LogP contribution in [0.15, 0.2) is 23.2 Å². The van der Waals surface area contributed by atoms with Crippen LogP contribution in [0, 0.1) is 0 Å². The summed E-state index contributed by atoms with van der Waals surface area (Å²) in [5, 5.41) is 28.4. The fourth-order valence-electron chi connectivity index (χ4n) is 4.15. The lowest BCUT2D eigenvalue weighted by Crippen LogP contribution is -2.41. The van der Waals surface area contributed by atoms with Gasteiger partial charge in [-0.1, -0.05) is 76.0 Å². The number of aromatic nitrogens is 2. The van der Waals surface area contributed by atoms with Crippen LogP contribution in [-0.2, 0) is 4.79 Å². The van der Waals surface area contributed by atoms with Crippen LogP contribution in [0.2, 0.25) is 5.15 Å². The summed E-state index contributed by atoms with van der Waals surface area (Å²) in [5.74, 6) is -1.37. The Kier molecular flexibility index (Phi) is 14.6. The number of amides is 2. The zero-order valence-corrected chi connectivity index (χ0v) is 24.2. The number of anilines is 3. The van der Waals surface area contributed by atoms with Gasteiger partial charge < -0.3 is 32.7 Å². The van der Waals surface area contributed by atoms with E-state index in [1.165, 1.54) is 50.7 Å². The first-order valence-electron chi connectivity index (χ1n) is 13.8. The smallest absolute Gasteiger partial charge is 0.280 e. The van der Waals surface area contributed by atoms with Gasteiger partial charge in [-0.2, -0.15) is 0 Å². The predicted octanol–water partition coefficient (Wildman–Crippen LogP) is 3.18. The summed E-state index contributed by atoms with van der Waals surface area (Å²) in [6.07, 6.45) is 9.92. The third kappa shape index (κ3) is 11.8. The number of carbonyl (C=O) groups excluding carboxylic acids is 2. The number of carbonyl (C=O) groups is 2. The molecular weight excluding hydrogens is 550 g/mol. The number of guanidine groups is 1. The molecular formula is C27H42ClN9O4. The van der Waals surface area contributed by atoms with E-state index in [-0.39, 0.29) is 46.4 Å². The number of nitrogen functional groups attached to an aromatic ring is 2. The number of nitrogens with two attached hydrogens (primary N) is 3. The number of rotatable bonds is 18. The molecule has 1 aromatic carbocycles. The van der Waals surface area contributed by atoms with Crippen LogP contribution >= 0.6 is 11.6 Å². The van der Waals surface area contributed by atoms with Crippen molar-refractivity contribution in [2.24, 2.45) is 10.7 Å². The maximum Gasteiger partial charge on any atom is 0.280 e. The molecule has 0 saturated carbocycles. The number of aliphatic hydroxyl groups is 1. The van der Waals surface area contributed by atoms with E-state index in [4.69, 9.17) is 28.8 Å². The van der Waals surface area contributed by atoms with Crippen molar-refractivity contribution in [1.29, 1.82) is 0 Å². The van der Waals surface area contributed by atoms with Crippen LogP contribution in [0.4, 0.5) is 17.3 Å². The Balaban J connectivity index is 2.03. The number of phenols is 1. The number of aromatic hydroxyl groups is 1. The highest BCUT2D eigenvalue weighted by atomic mass is 35.5. The molecule has 2 aromatic rings. The predicted molar refractivity (Wildman–Crippen MR) is 161 cm³/mol. The van der Waals surface area contributed by atoms with Crippen LogP contribution in [0.3, 0.4) is 0 Å². The number of hydrogen-bond donors (Lipinski definition) is 8. The number of nitrogens with one attached hydrogen (secondary N) is 3. The van der Waals surface area contributed by atoms with Crippen molar-refractivity contribution in [2.45, 2.75) is 83.4 Å². The molecule has 41 heavy (non-hydrogen) atoms. The molecule has 0 spiro atoms. The van der Waals surface area contributed by atoms with Gasteiger partial charge in [-0.25, -0.2) is 15.0 Å². The van der Waals surface area contributed by atoms with Crippen LogP contribution < -0.4 is 33.2 Å². The molecule has 0 bridgehead atoms. The van der Waals surface area contributed by atoms with Crippen molar-refractivity contribution in [3.8, 4) is 5.75 Å². The van der Waals surface area contributed by atoms with Gasteiger partial charge in [-0.3, -0.25) is 20.2 Å². The maximum absolute atomic E-state index is 12.6. The van der Waals surface area contributed by atoms with Crippen molar-refractivity contribution >= 4 is 47.2 Å². The lowest BCUT2D eigenvalue weighted by Gasteiger charge is -2.19. The Morgan fingerprint density at radius 1 is 1.07 bits per heavy atom. The quantitative estimate of drug-likeness (QED) is 0.0415. The molecule has 0 radical (unpaired) electrons. The lowest BCUT2D eigenvalue weighted by molar-refractivity contribution is -0.105. The second-order valence-corrected chi connectivity index (χ2v) is 10.1. The Morgan fingerprint density at radius 2 is 1.73 bits per heavy atom. The number of benzene rings is 1. The van der Waals surface area contributed by atoms with Crippen LogP contribution in [0.25, 0.3) is 0 Å². The van der Waals surface area contributed by atoms with Crippen molar-refractivity contribution in [2.75, 3.05) is 23.3 Å². The van der Waals surface area contributed by atoms with E-state index in [1.807, 2.05) is 0 Å². The van der Waals surface area contributed by atoms with Gasteiger partial charge >= 0.3 is 0 Å². The first kappa shape index (κ1) is 33.5. The average Bonchev–Trinajstić information content (AvgIpc) is 2.93. The number of unbranched alkanes of at least 4 members (excludes halogenated alkanes) is 8. The minimum Gasteiger partial charge on any atom is -0.506 e. The fourth-order valence-corrected chi connectivity index (χ4v) is 4.28. The normalized spacial score (nSPS) is 13.0. The van der Waals surface area contributed by atoms with Crippen LogP contribution in [0.1, 0.15) is 93.3 Å². The maximum atomic E-state index is 12.6. The van der Waals surface area contributed by atoms with Crippen molar-refractivity contribution in [3.05, 3.63) is 34.6 Å². The highest BCUT2D eigenvalue weighted by molar-refractivity contribution is 6.31. The monoisotopic (exact) mass is 591 g/mol. The van der Waals surface area contributed by atoms with E-state index >= 15 is 0 Å². The highest BCUT2D eigenvalue weighted by Crippen LogP contribution is 2.26. The molecule has 1 aromatic heterocycles. The largest absolute Gasteiger partial charge is 0.506 e. The van der Waals surface area contributed by atoms with E-state index in [0.29, 0.717) is 18.4 Å². The Hall–Kier alpha value is -3.68. The standard InChI is InChI=1S/C27H42ClN9O4/c1-2-3-4-5-6-7-8-9-10-11-21(32-15-20(40)17-12-13-19(39)18(14-17)33-16-38)34-27(31)37-26(41)22-24(29)36-25(30)23(28)35-22/h12-14,16,20-21,32,39-40H,2-11,15H2,1H3,(H,33,38)(H4,29,30,36)(H3,31,34,37,41)/t20-,21-/m0/s1. The van der Waals surface area contributed by atoms with E-state index in [2.05, 4.69) is 37.8 Å². The Bertz CT molecular complexity index is 1170. The van der Waals surface area contributed by atoms with E-state index in [1.54, 1.807) is 6.07 Å². The molecule has 1 heterocycles. The highest BCUT2D eigenvalue weighted by Gasteiger charge is 2.18. The third-order valence-electron chi connectivity index (χ3n) is 6.40. The number of nitrogens with zero attached hydrogens (tertiary/aromatic N) is 3. The number of hydrogen-bond acceptors (Lipinski definition) is 10. The van der Waals surface area contributed by atoms with Crippen molar-refractivity contribution in [3.63, 3.8) is 0 Å². The van der Waals surface area contributed by atoms with Gasteiger partial charge in [-0.05, 0) is 30.5 Å². The van der Waals surface area contributed by atoms with E-state index < -0.39 is 18.2 Å². The molecule has 11 N–H and O–H groups in total. The average molecular weight is 592 g/mol. The van der Waals surface area contributed by atoms with Gasteiger partial charge in [0.1, 0.15) is 11.9 Å². The molecule has 14 heteroatoms. The topological polar surface area (TPSA) is 227 Å². The van der Waals surface area contributed by atoms with Crippen molar-refractivity contribution < 1.29 is 19.8 Å². The summed E-state index contributed by atoms with van der Waals surface area (Å²) in [6, 6.07) is 4.41. The first-order valence-corrected chi connectivity index (χ1v) is 14.2. The van der Waals surface area contributed by atoms with Gasteiger partial charge in [-0.15, -0.1) is 0 Å². The molecule has 13 nitrogen and oxygen atoms in total. The zero-order chi connectivity index (χ0) is 30.2. The first-order chi connectivity index (χ1) is 19.7. The molecule has 2 rings (SSSR count). The summed E-state index contributed by atoms with van der Waals surface area (Å²) in [4.78, 5) is 35.5. The summed E-state index contributed by atoms with van der Waals surface area (Å²) in [7, 11) is 0. The number of aliphatic imine (C=N–C) groups is 1. The molecule has 226 valence electrons. The van der Waals surface area contributed by atoms with Crippen LogP contribution in [0.5, 0.6) is 5.75 Å². The molecule has 0 aliphatic heterocycles. The van der Waals surface area contributed by atoms with Crippen LogP contribution in [-0.4, -0.2) is 51.2 Å². The lowest BCUT2D eigenvalue weighted by atomic mass is 10.1. The van der Waals surface area contributed by atoms with E-state index in [0.717, 1.165) is 19.3 Å². The molecule has 0 fully saturated rings. The number of halogens is 1. The van der Waals surface area contributed by atoms with Gasteiger partial charge in [0.05, 0.1) is 11.8 Å². The number of phenolic OH excluding ortho intramolecular Hbond substituents is 1. The van der Waals surface area contributed by atoms with Gasteiger partial charge in [0.15, 0.2) is 28.4 Å². The number of aliphatic hydroxyl groups excluding tert-OH is 1. The zero-order valence-electron chi connectivity index (χ0n) is 23.4. The summed E-state index contributed by atoms with van der Waals surface area (Å²) in [6.45, 7) is 2.29. The molecule has 2 amide bonds. The second-order valence-electron chi connectivity index (χ2n) is 9.70. The van der Waals surface area contributed by atoms with E-state index in [9.17, 15) is 19.8 Å². The summed E-state index contributed by atoms with van der Waals surface area (Å²) >= 11 is 5.87. The molecule has 0 aliphatic rings. The Morgan fingerprint density at radius 3 is 2.39 bits per heavy atom. The Labute approximate surface area is 245 Å². The minimum absolute atomic E-state index is 0.0874. The van der Waals surface area contributed by atoms with Gasteiger partial charge in [0.2, 0.25) is 6.41 Å². The summed E-state index contributed by atoms with van der Waals surface area (Å²) in [5.41, 5.74) is 17.8. The SMILES string of the molecule is CCCCCCCCCCC[C@H](N=C(N)NC(=O)c1nc(Cl)c(N)nc1N)NC[C@H](O)c1ccc(O)c(NC=O)c1. The summed E-state index contributed by atoms with van der Waals surface area (Å²) < 4.78 is 0. The molecule has 2 atom stereocenters. The van der Waals surface area contributed by atoms with Gasteiger partial charge in [0.25, 0.3) is 5.91 Å². The minimum atomic E-state index is -0.980. The molecule has 0 aliphatic carbocycles. The van der Waals surface area contributed by atoms with Gasteiger partial charge in [0, 0.05) is 6.54 Å². The molecule has 0 unspecified atom stereocenters. The third-order valence-corrected chi connectivity index (χ3v) is 6.68. The fraction of sp³-hybridized carbons (Fsp3) is 0.519. The second kappa shape index (κ2) is 17.9. The molecule has 0 saturated heterocycles. The van der Waals surface area contributed by atoms with Crippen molar-refractivity contribution in [1.82, 2.24) is 20.6 Å².